The number of carbonyl (C=O) groups excluding carboxylic acids is 2. The van der Waals surface area contributed by atoms with Crippen LogP contribution in [0.3, 0.4) is 0 Å². The smallest absolute Gasteiger partial charge is 0.252 e. The summed E-state index contributed by atoms with van der Waals surface area (Å²) in [6.45, 7) is 7.70. The van der Waals surface area contributed by atoms with E-state index in [2.05, 4.69) is 19.2 Å². The molecule has 2 rings (SSSR count). The standard InChI is InChI=1S/C19H28N2O2/c1-14(2)13-17(19(23)21-11-7-4-8-12-21)20-18(22)16-10-6-5-9-15(16)3/h5-6,9-10,14,17H,4,7-8,11-13H2,1-3H3,(H,20,22)/t17-/m0/s1. The first-order valence-corrected chi connectivity index (χ1v) is 8.64. The van der Waals surface area contributed by atoms with E-state index in [-0.39, 0.29) is 11.8 Å². The van der Waals surface area contributed by atoms with E-state index < -0.39 is 6.04 Å². The van der Waals surface area contributed by atoms with E-state index in [9.17, 15) is 9.59 Å². The van der Waals surface area contributed by atoms with Gasteiger partial charge in [0.25, 0.3) is 5.91 Å². The molecule has 0 aliphatic carbocycles. The number of rotatable bonds is 5. The first kappa shape index (κ1) is 17.5. The Hall–Kier alpha value is -1.84. The number of amides is 2. The van der Waals surface area contributed by atoms with Crippen molar-refractivity contribution in [2.45, 2.75) is 52.5 Å². The van der Waals surface area contributed by atoms with E-state index in [0.717, 1.165) is 31.5 Å². The molecule has 23 heavy (non-hydrogen) atoms. The van der Waals surface area contributed by atoms with Crippen molar-refractivity contribution in [3.63, 3.8) is 0 Å². The van der Waals surface area contributed by atoms with Gasteiger partial charge in [0.1, 0.15) is 6.04 Å². The predicted molar refractivity (Wildman–Crippen MR) is 92.3 cm³/mol. The Balaban J connectivity index is 2.10. The van der Waals surface area contributed by atoms with Crippen LogP contribution in [0, 0.1) is 12.8 Å². The molecule has 0 aromatic heterocycles. The van der Waals surface area contributed by atoms with Gasteiger partial charge in [0.2, 0.25) is 5.91 Å². The van der Waals surface area contributed by atoms with Crippen molar-refractivity contribution in [2.75, 3.05) is 13.1 Å². The van der Waals surface area contributed by atoms with Gasteiger partial charge >= 0.3 is 0 Å². The minimum atomic E-state index is -0.430. The van der Waals surface area contributed by atoms with Crippen LogP contribution < -0.4 is 5.32 Å². The number of aryl methyl sites for hydroxylation is 1. The Bertz CT molecular complexity index is 548. The SMILES string of the molecule is Cc1ccccc1C(=O)N[C@@H](CC(C)C)C(=O)N1CCCCC1. The number of benzene rings is 1. The Morgan fingerprint density at radius 3 is 2.39 bits per heavy atom. The van der Waals surface area contributed by atoms with Crippen LogP contribution in [-0.4, -0.2) is 35.8 Å². The molecule has 1 atom stereocenters. The Morgan fingerprint density at radius 2 is 1.78 bits per heavy atom. The van der Waals surface area contributed by atoms with Gasteiger partial charge in [-0.05, 0) is 50.2 Å². The third-order valence-corrected chi connectivity index (χ3v) is 4.37. The highest BCUT2D eigenvalue weighted by atomic mass is 16.2. The molecule has 1 aromatic rings. The van der Waals surface area contributed by atoms with Crippen molar-refractivity contribution in [3.8, 4) is 0 Å². The quantitative estimate of drug-likeness (QED) is 0.907. The van der Waals surface area contributed by atoms with Crippen LogP contribution in [0.4, 0.5) is 0 Å². The normalized spacial score (nSPS) is 16.3. The molecule has 0 unspecified atom stereocenters. The summed E-state index contributed by atoms with van der Waals surface area (Å²) in [7, 11) is 0. The minimum absolute atomic E-state index is 0.0698. The van der Waals surface area contributed by atoms with Crippen molar-refractivity contribution in [3.05, 3.63) is 35.4 Å². The number of nitrogens with zero attached hydrogens (tertiary/aromatic N) is 1. The highest BCUT2D eigenvalue weighted by Gasteiger charge is 2.28. The molecule has 0 saturated carbocycles. The van der Waals surface area contributed by atoms with Gasteiger partial charge in [-0.1, -0.05) is 32.0 Å². The van der Waals surface area contributed by atoms with Crippen LogP contribution in [0.2, 0.25) is 0 Å². The molecule has 0 radical (unpaired) electrons. The van der Waals surface area contributed by atoms with Crippen molar-refractivity contribution in [1.29, 1.82) is 0 Å². The van der Waals surface area contributed by atoms with Gasteiger partial charge in [0.15, 0.2) is 0 Å². The molecule has 1 saturated heterocycles. The Morgan fingerprint density at radius 1 is 1.13 bits per heavy atom. The number of carbonyl (C=O) groups is 2. The third-order valence-electron chi connectivity index (χ3n) is 4.37. The van der Waals surface area contributed by atoms with Gasteiger partial charge in [-0.2, -0.15) is 0 Å². The summed E-state index contributed by atoms with van der Waals surface area (Å²) in [5.41, 5.74) is 1.58. The average Bonchev–Trinajstić information content (AvgIpc) is 2.54. The molecule has 1 N–H and O–H groups in total. The summed E-state index contributed by atoms with van der Waals surface area (Å²) in [4.78, 5) is 27.3. The largest absolute Gasteiger partial charge is 0.341 e. The monoisotopic (exact) mass is 316 g/mol. The van der Waals surface area contributed by atoms with Crippen LogP contribution >= 0.6 is 0 Å². The summed E-state index contributed by atoms with van der Waals surface area (Å²) in [5, 5.41) is 2.97. The van der Waals surface area contributed by atoms with Gasteiger partial charge in [-0.3, -0.25) is 9.59 Å². The van der Waals surface area contributed by atoms with E-state index in [4.69, 9.17) is 0 Å². The zero-order chi connectivity index (χ0) is 16.8. The van der Waals surface area contributed by atoms with Crippen LogP contribution in [0.5, 0.6) is 0 Å². The fraction of sp³-hybridized carbons (Fsp3) is 0.579. The molecule has 1 aromatic carbocycles. The molecular weight excluding hydrogens is 288 g/mol. The first-order valence-electron chi connectivity index (χ1n) is 8.64. The zero-order valence-electron chi connectivity index (χ0n) is 14.5. The van der Waals surface area contributed by atoms with E-state index in [0.29, 0.717) is 17.9 Å². The number of likely N-dealkylation sites (tertiary alicyclic amines) is 1. The number of hydrogen-bond acceptors (Lipinski definition) is 2. The molecule has 4 nitrogen and oxygen atoms in total. The van der Waals surface area contributed by atoms with E-state index in [1.807, 2.05) is 36.1 Å². The molecule has 1 aliphatic heterocycles. The van der Waals surface area contributed by atoms with Crippen LogP contribution in [0.1, 0.15) is 55.5 Å². The summed E-state index contributed by atoms with van der Waals surface area (Å²) < 4.78 is 0. The lowest BCUT2D eigenvalue weighted by Gasteiger charge is -2.31. The molecule has 2 amide bonds. The number of hydrogen-bond donors (Lipinski definition) is 1. The van der Waals surface area contributed by atoms with Gasteiger partial charge < -0.3 is 10.2 Å². The van der Waals surface area contributed by atoms with Crippen molar-refractivity contribution in [2.24, 2.45) is 5.92 Å². The summed E-state index contributed by atoms with van der Waals surface area (Å²) in [6.07, 6.45) is 3.99. The lowest BCUT2D eigenvalue weighted by Crippen LogP contribution is -2.50. The van der Waals surface area contributed by atoms with Crippen molar-refractivity contribution < 1.29 is 9.59 Å². The van der Waals surface area contributed by atoms with E-state index in [1.165, 1.54) is 6.42 Å². The summed E-state index contributed by atoms with van der Waals surface area (Å²) >= 11 is 0. The highest BCUT2D eigenvalue weighted by molar-refractivity contribution is 5.98. The van der Waals surface area contributed by atoms with Gasteiger partial charge in [0.05, 0.1) is 0 Å². The minimum Gasteiger partial charge on any atom is -0.341 e. The summed E-state index contributed by atoms with van der Waals surface area (Å²) in [6, 6.07) is 7.06. The fourth-order valence-electron chi connectivity index (χ4n) is 3.09. The number of nitrogens with one attached hydrogen (secondary N) is 1. The van der Waals surface area contributed by atoms with Gasteiger partial charge in [-0.25, -0.2) is 0 Å². The lowest BCUT2D eigenvalue weighted by molar-refractivity contribution is -0.134. The van der Waals surface area contributed by atoms with Gasteiger partial charge in [0, 0.05) is 18.7 Å². The molecule has 4 heteroatoms. The zero-order valence-corrected chi connectivity index (χ0v) is 14.5. The molecule has 126 valence electrons. The van der Waals surface area contributed by atoms with E-state index in [1.54, 1.807) is 0 Å². The fourth-order valence-corrected chi connectivity index (χ4v) is 3.09. The Kier molecular flexibility index (Phi) is 6.20. The van der Waals surface area contributed by atoms with Crippen LogP contribution in [0.15, 0.2) is 24.3 Å². The molecule has 0 bridgehead atoms. The second kappa shape index (κ2) is 8.14. The second-order valence-corrected chi connectivity index (χ2v) is 6.86. The van der Waals surface area contributed by atoms with Crippen molar-refractivity contribution >= 4 is 11.8 Å². The predicted octanol–water partition coefficient (Wildman–Crippen LogP) is 3.15. The second-order valence-electron chi connectivity index (χ2n) is 6.86. The van der Waals surface area contributed by atoms with E-state index >= 15 is 0 Å². The maximum absolute atomic E-state index is 12.8. The lowest BCUT2D eigenvalue weighted by atomic mass is 10.00. The molecule has 1 aliphatic rings. The molecule has 1 fully saturated rings. The third kappa shape index (κ3) is 4.81. The number of piperidine rings is 1. The molecule has 1 heterocycles. The maximum Gasteiger partial charge on any atom is 0.252 e. The van der Waals surface area contributed by atoms with Crippen LogP contribution in [-0.2, 0) is 4.79 Å². The molecular formula is C19H28N2O2. The summed E-state index contributed by atoms with van der Waals surface area (Å²) in [5.74, 6) is 0.269. The van der Waals surface area contributed by atoms with Crippen molar-refractivity contribution in [1.82, 2.24) is 10.2 Å². The Labute approximate surface area is 139 Å². The average molecular weight is 316 g/mol. The topological polar surface area (TPSA) is 49.4 Å². The maximum atomic E-state index is 12.8. The van der Waals surface area contributed by atoms with Crippen LogP contribution in [0.25, 0.3) is 0 Å². The molecule has 0 spiro atoms. The van der Waals surface area contributed by atoms with Gasteiger partial charge in [-0.15, -0.1) is 0 Å². The highest BCUT2D eigenvalue weighted by Crippen LogP contribution is 2.15. The first-order chi connectivity index (χ1) is 11.0.